The summed E-state index contributed by atoms with van der Waals surface area (Å²) in [7, 11) is 1.50. The number of anilines is 1. The second-order valence-electron chi connectivity index (χ2n) is 7.49. The Kier molecular flexibility index (Phi) is 5.10. The lowest BCUT2D eigenvalue weighted by atomic mass is 10.2. The van der Waals surface area contributed by atoms with Crippen molar-refractivity contribution in [1.82, 2.24) is 34.5 Å². The molecule has 10 nitrogen and oxygen atoms in total. The van der Waals surface area contributed by atoms with Crippen molar-refractivity contribution in [3.8, 4) is 28.9 Å². The smallest absolute Gasteiger partial charge is 0.164 e. The van der Waals surface area contributed by atoms with E-state index in [9.17, 15) is 9.65 Å². The number of benzene rings is 1. The number of methoxy groups -OCH3 is 1. The molecule has 0 spiro atoms. The molecular formula is C23H18FN9O. The number of fused-ring (bicyclic) bond motifs is 1. The van der Waals surface area contributed by atoms with Gasteiger partial charge in [0, 0.05) is 23.9 Å². The molecule has 5 rings (SSSR count). The van der Waals surface area contributed by atoms with Crippen molar-refractivity contribution in [3.63, 3.8) is 0 Å². The number of hydrogen-bond acceptors (Lipinski definition) is 8. The molecule has 0 saturated carbocycles. The van der Waals surface area contributed by atoms with Gasteiger partial charge in [-0.05, 0) is 19.1 Å². The average molecular weight is 455 g/mol. The number of nitrogens with two attached hydrogens (primary N) is 1. The molecule has 4 aromatic heterocycles. The number of pyridine rings is 1. The van der Waals surface area contributed by atoms with Gasteiger partial charge >= 0.3 is 0 Å². The van der Waals surface area contributed by atoms with E-state index in [1.165, 1.54) is 30.3 Å². The lowest BCUT2D eigenvalue weighted by Gasteiger charge is -2.11. The number of nitrogens with zero attached hydrogens (tertiary/aromatic N) is 8. The van der Waals surface area contributed by atoms with Gasteiger partial charge < -0.3 is 10.5 Å². The zero-order valence-electron chi connectivity index (χ0n) is 18.2. The fraction of sp³-hybridized carbons (Fsp3) is 0.130. The average Bonchev–Trinajstić information content (AvgIpc) is 3.50. The first-order valence-corrected chi connectivity index (χ1v) is 10.2. The summed E-state index contributed by atoms with van der Waals surface area (Å²) in [4.78, 5) is 12.9. The third kappa shape index (κ3) is 3.47. The van der Waals surface area contributed by atoms with Crippen molar-refractivity contribution in [2.24, 2.45) is 0 Å². The highest BCUT2D eigenvalue weighted by Gasteiger charge is 2.23. The minimum Gasteiger partial charge on any atom is -0.497 e. The van der Waals surface area contributed by atoms with Crippen molar-refractivity contribution >= 4 is 16.9 Å². The molecule has 34 heavy (non-hydrogen) atoms. The van der Waals surface area contributed by atoms with E-state index < -0.39 is 0 Å². The van der Waals surface area contributed by atoms with Gasteiger partial charge in [0.15, 0.2) is 5.65 Å². The Labute approximate surface area is 193 Å². The molecule has 1 atom stereocenters. The van der Waals surface area contributed by atoms with E-state index in [0.717, 1.165) is 5.56 Å². The van der Waals surface area contributed by atoms with E-state index in [4.69, 9.17) is 15.6 Å². The van der Waals surface area contributed by atoms with Gasteiger partial charge in [-0.1, -0.05) is 12.1 Å². The highest BCUT2D eigenvalue weighted by atomic mass is 19.1. The van der Waals surface area contributed by atoms with Gasteiger partial charge in [-0.3, -0.25) is 0 Å². The Bertz CT molecular complexity index is 1570. The third-order valence-corrected chi connectivity index (χ3v) is 5.46. The molecule has 0 fully saturated rings. The molecule has 0 aliphatic heterocycles. The number of para-hydroxylation sites is 1. The van der Waals surface area contributed by atoms with Crippen LogP contribution in [-0.2, 0) is 0 Å². The fourth-order valence-electron chi connectivity index (χ4n) is 3.71. The van der Waals surface area contributed by atoms with Crippen molar-refractivity contribution < 1.29 is 9.13 Å². The Morgan fingerprint density at radius 2 is 2.03 bits per heavy atom. The number of aromatic nitrogens is 7. The predicted molar refractivity (Wildman–Crippen MR) is 122 cm³/mol. The van der Waals surface area contributed by atoms with Crippen LogP contribution in [0.4, 0.5) is 10.2 Å². The zero-order chi connectivity index (χ0) is 23.8. The maximum Gasteiger partial charge on any atom is 0.164 e. The van der Waals surface area contributed by atoms with Crippen LogP contribution >= 0.6 is 0 Å². The van der Waals surface area contributed by atoms with E-state index in [0.29, 0.717) is 33.9 Å². The first-order chi connectivity index (χ1) is 16.5. The monoisotopic (exact) mass is 455 g/mol. The molecule has 0 aliphatic carbocycles. The predicted octanol–water partition coefficient (Wildman–Crippen LogP) is 3.28. The number of nitrogen functional groups attached to an aromatic ring is 1. The normalized spacial score (nSPS) is 11.9. The maximum absolute atomic E-state index is 14.2. The molecule has 168 valence electrons. The highest BCUT2D eigenvalue weighted by molar-refractivity contribution is 5.97. The van der Waals surface area contributed by atoms with Gasteiger partial charge in [0.05, 0.1) is 30.4 Å². The summed E-state index contributed by atoms with van der Waals surface area (Å²) in [6, 6.07) is 11.3. The summed E-state index contributed by atoms with van der Waals surface area (Å²) in [6.07, 6.45) is 4.74. The molecule has 0 radical (unpaired) electrons. The number of nitriles is 1. The molecule has 1 aromatic carbocycles. The summed E-state index contributed by atoms with van der Waals surface area (Å²) in [6.45, 7) is 1.91. The van der Waals surface area contributed by atoms with Crippen LogP contribution in [0.2, 0.25) is 0 Å². The van der Waals surface area contributed by atoms with Gasteiger partial charge in [0.25, 0.3) is 0 Å². The quantitative estimate of drug-likeness (QED) is 0.427. The second kappa shape index (κ2) is 8.25. The molecule has 0 saturated heterocycles. The first-order valence-electron chi connectivity index (χ1n) is 10.2. The summed E-state index contributed by atoms with van der Waals surface area (Å²) in [5.74, 6) is 0.303. The molecule has 5 aromatic rings. The van der Waals surface area contributed by atoms with Gasteiger partial charge in [0.1, 0.15) is 46.9 Å². The van der Waals surface area contributed by atoms with Crippen molar-refractivity contribution in [3.05, 3.63) is 72.2 Å². The Balaban J connectivity index is 1.65. The molecule has 0 bridgehead atoms. The molecule has 2 N–H and O–H groups in total. The van der Waals surface area contributed by atoms with Crippen LogP contribution in [0.15, 0.2) is 55.1 Å². The van der Waals surface area contributed by atoms with Crippen LogP contribution in [0, 0.1) is 17.1 Å². The van der Waals surface area contributed by atoms with Gasteiger partial charge in [-0.25, -0.2) is 28.7 Å². The number of ether oxygens (including phenoxy) is 1. The van der Waals surface area contributed by atoms with Gasteiger partial charge in [-0.15, -0.1) is 0 Å². The zero-order valence-corrected chi connectivity index (χ0v) is 18.2. The number of hydrogen-bond donors (Lipinski definition) is 1. The maximum atomic E-state index is 14.2. The summed E-state index contributed by atoms with van der Waals surface area (Å²) in [5, 5.41) is 18.9. The van der Waals surface area contributed by atoms with Crippen molar-refractivity contribution in [2.45, 2.75) is 13.0 Å². The van der Waals surface area contributed by atoms with Crippen LogP contribution in [0.3, 0.4) is 0 Å². The Morgan fingerprint density at radius 1 is 1.21 bits per heavy atom. The summed E-state index contributed by atoms with van der Waals surface area (Å²) >= 11 is 0. The van der Waals surface area contributed by atoms with Crippen LogP contribution in [-0.4, -0.2) is 41.6 Å². The summed E-state index contributed by atoms with van der Waals surface area (Å²) < 4.78 is 22.7. The lowest BCUT2D eigenvalue weighted by Crippen LogP contribution is -2.09. The van der Waals surface area contributed by atoms with Gasteiger partial charge in [0.2, 0.25) is 0 Å². The van der Waals surface area contributed by atoms with E-state index >= 15 is 0 Å². The molecule has 0 amide bonds. The Hall–Kier alpha value is -4.85. The largest absolute Gasteiger partial charge is 0.497 e. The SMILES string of the molecule is COc1cc(C#N)nc(-c2nn(C(C)c3cnn(-c4ccccc4F)c3)c3ncnc(N)c23)c1. The van der Waals surface area contributed by atoms with E-state index in [2.05, 4.69) is 20.1 Å². The topological polar surface area (TPSA) is 133 Å². The van der Waals surface area contributed by atoms with Crippen LogP contribution in [0.5, 0.6) is 5.75 Å². The minimum absolute atomic E-state index is 0.173. The Morgan fingerprint density at radius 3 is 2.79 bits per heavy atom. The third-order valence-electron chi connectivity index (χ3n) is 5.46. The fourth-order valence-corrected chi connectivity index (χ4v) is 3.71. The first kappa shape index (κ1) is 21.0. The standard InChI is InChI=1S/C23H18FN9O/c1-13(14-10-29-32(11-14)19-6-4-3-5-17(19)24)33-23-20(22(26)27-12-28-23)21(31-33)18-8-16(34-2)7-15(9-25)30-18/h3-8,10-13H,1-2H3,(H2,26,27,28). The molecule has 0 aliphatic rings. The van der Waals surface area contributed by atoms with Crippen LogP contribution < -0.4 is 10.5 Å². The van der Waals surface area contributed by atoms with E-state index in [1.54, 1.807) is 41.3 Å². The second-order valence-corrected chi connectivity index (χ2v) is 7.49. The molecule has 11 heteroatoms. The lowest BCUT2D eigenvalue weighted by molar-refractivity contribution is 0.414. The van der Waals surface area contributed by atoms with E-state index in [-0.39, 0.29) is 23.4 Å². The highest BCUT2D eigenvalue weighted by Crippen LogP contribution is 2.33. The van der Waals surface area contributed by atoms with Crippen LogP contribution in [0.1, 0.15) is 24.2 Å². The number of rotatable bonds is 5. The minimum atomic E-state index is -0.380. The molecule has 1 unspecified atom stereocenters. The molecule has 4 heterocycles. The van der Waals surface area contributed by atoms with Crippen LogP contribution in [0.25, 0.3) is 28.1 Å². The number of halogens is 1. The van der Waals surface area contributed by atoms with Gasteiger partial charge in [-0.2, -0.15) is 15.5 Å². The van der Waals surface area contributed by atoms with Crippen molar-refractivity contribution in [1.29, 1.82) is 5.26 Å². The van der Waals surface area contributed by atoms with Crippen molar-refractivity contribution in [2.75, 3.05) is 12.8 Å². The molecular weight excluding hydrogens is 437 g/mol. The summed E-state index contributed by atoms with van der Waals surface area (Å²) in [5.41, 5.74) is 8.77. The van der Waals surface area contributed by atoms with E-state index in [1.807, 2.05) is 13.0 Å².